The molecule has 1 aromatic rings. The van der Waals surface area contributed by atoms with Gasteiger partial charge in [-0.05, 0) is 19.6 Å². The second-order valence-corrected chi connectivity index (χ2v) is 12.1. The molecule has 108 valence electrons. The third-order valence-corrected chi connectivity index (χ3v) is 4.75. The van der Waals surface area contributed by atoms with Gasteiger partial charge in [0.1, 0.15) is 3.38 Å². The van der Waals surface area contributed by atoms with E-state index in [1.807, 2.05) is 37.4 Å². The summed E-state index contributed by atoms with van der Waals surface area (Å²) in [6.45, 7) is 6.43. The topological polar surface area (TPSA) is 21.7 Å². The van der Waals surface area contributed by atoms with Gasteiger partial charge in [-0.25, -0.2) is 0 Å². The predicted molar refractivity (Wildman–Crippen MR) is 91.0 cm³/mol. The van der Waals surface area contributed by atoms with Crippen molar-refractivity contribution in [3.8, 4) is 0 Å². The summed E-state index contributed by atoms with van der Waals surface area (Å²) in [6, 6.07) is 9.98. The third-order valence-electron chi connectivity index (χ3n) is 2.69. The average Bonchev–Trinajstić information content (AvgIpc) is 2.34. The van der Waals surface area contributed by atoms with Crippen LogP contribution in [0.1, 0.15) is 5.56 Å². The first-order chi connectivity index (χ1) is 8.74. The smallest absolute Gasteiger partial charge is 0.186 e. The molecule has 0 aromatic heterocycles. The van der Waals surface area contributed by atoms with Crippen LogP contribution in [0.15, 0.2) is 30.3 Å². The van der Waals surface area contributed by atoms with E-state index in [-0.39, 0.29) is 3.38 Å². The quantitative estimate of drug-likeness (QED) is 0.229. The number of nitrogens with zero attached hydrogens (tertiary/aromatic N) is 1. The van der Waals surface area contributed by atoms with Crippen molar-refractivity contribution in [1.82, 2.24) is 5.06 Å². The van der Waals surface area contributed by atoms with E-state index < -0.39 is 14.0 Å². The van der Waals surface area contributed by atoms with Crippen molar-refractivity contribution in [2.75, 3.05) is 14.2 Å². The van der Waals surface area contributed by atoms with Gasteiger partial charge in [0, 0.05) is 12.6 Å². The molecular formula is C13H21ClINO2Si. The van der Waals surface area contributed by atoms with Crippen LogP contribution in [0.25, 0.3) is 0 Å². The molecule has 0 aliphatic carbocycles. The number of benzene rings is 1. The van der Waals surface area contributed by atoms with Crippen LogP contribution in [0.3, 0.4) is 0 Å². The highest BCUT2D eigenvalue weighted by Crippen LogP contribution is 2.41. The fourth-order valence-corrected chi connectivity index (χ4v) is 4.69. The lowest BCUT2D eigenvalue weighted by Gasteiger charge is -2.45. The lowest BCUT2D eigenvalue weighted by atomic mass is 10.1. The first-order valence-electron chi connectivity index (χ1n) is 6.06. The molecule has 0 saturated heterocycles. The molecule has 0 bridgehead atoms. The molecule has 3 nitrogen and oxygen atoms in total. The normalized spacial score (nSPS) is 17.3. The van der Waals surface area contributed by atoms with E-state index in [9.17, 15) is 0 Å². The largest absolute Gasteiger partial charge is 0.393 e. The second kappa shape index (κ2) is 6.86. The summed E-state index contributed by atoms with van der Waals surface area (Å²) < 4.78 is 6.14. The lowest BCUT2D eigenvalue weighted by Crippen LogP contribution is -2.55. The molecule has 0 aliphatic heterocycles. The number of hydrogen-bond donors (Lipinski definition) is 0. The minimum atomic E-state index is -1.83. The monoisotopic (exact) mass is 413 g/mol. The van der Waals surface area contributed by atoms with E-state index in [2.05, 4.69) is 42.2 Å². The zero-order valence-corrected chi connectivity index (χ0v) is 15.9. The molecule has 0 amide bonds. The number of hydroxylamine groups is 2. The Morgan fingerprint density at radius 2 is 1.79 bits per heavy atom. The molecule has 1 rings (SSSR count). The van der Waals surface area contributed by atoms with Crippen LogP contribution in [0.2, 0.25) is 19.6 Å². The average molecular weight is 414 g/mol. The molecule has 1 aromatic carbocycles. The van der Waals surface area contributed by atoms with Gasteiger partial charge in [0.15, 0.2) is 14.0 Å². The SMILES string of the molecule is CON(C)C(O[Si](C)(C)C)(c1ccccc1)C(Cl)I. The van der Waals surface area contributed by atoms with E-state index >= 15 is 0 Å². The van der Waals surface area contributed by atoms with Gasteiger partial charge >= 0.3 is 0 Å². The molecule has 0 saturated carbocycles. The molecule has 19 heavy (non-hydrogen) atoms. The number of hydrogen-bond acceptors (Lipinski definition) is 3. The van der Waals surface area contributed by atoms with Crippen molar-refractivity contribution in [2.24, 2.45) is 0 Å². The molecule has 6 heteroatoms. The van der Waals surface area contributed by atoms with E-state index in [4.69, 9.17) is 20.9 Å². The Hall–Kier alpha value is 0.337. The molecule has 0 N–H and O–H groups in total. The fourth-order valence-electron chi connectivity index (χ4n) is 1.89. The number of halogens is 2. The predicted octanol–water partition coefficient (Wildman–Crippen LogP) is 4.18. The van der Waals surface area contributed by atoms with Crippen LogP contribution in [0.5, 0.6) is 0 Å². The Morgan fingerprint density at radius 1 is 1.26 bits per heavy atom. The van der Waals surface area contributed by atoms with Crippen LogP contribution >= 0.6 is 34.2 Å². The molecule has 2 unspecified atom stereocenters. The molecular weight excluding hydrogens is 393 g/mol. The highest BCUT2D eigenvalue weighted by Gasteiger charge is 2.47. The summed E-state index contributed by atoms with van der Waals surface area (Å²) in [5.74, 6) is 0. The maximum absolute atomic E-state index is 6.48. The standard InChI is InChI=1S/C13H21ClINO2Si/c1-16(17-2)13(12(14)15,18-19(3,4)5)11-9-7-6-8-10-11/h6-10,12H,1-5H3. The van der Waals surface area contributed by atoms with Crippen LogP contribution in [0.4, 0.5) is 0 Å². The summed E-state index contributed by atoms with van der Waals surface area (Å²) in [6.07, 6.45) is 0. The Bertz CT molecular complexity index is 399. The highest BCUT2D eigenvalue weighted by molar-refractivity contribution is 14.1. The van der Waals surface area contributed by atoms with Crippen LogP contribution in [0, 0.1) is 0 Å². The summed E-state index contributed by atoms with van der Waals surface area (Å²) in [7, 11) is 1.65. The lowest BCUT2D eigenvalue weighted by molar-refractivity contribution is -0.255. The summed E-state index contributed by atoms with van der Waals surface area (Å²) in [5.41, 5.74) is 0.207. The number of rotatable bonds is 6. The van der Waals surface area contributed by atoms with Gasteiger partial charge in [0.05, 0.1) is 7.11 Å². The Balaban J connectivity index is 3.36. The van der Waals surface area contributed by atoms with Gasteiger partial charge in [0.25, 0.3) is 0 Å². The summed E-state index contributed by atoms with van der Waals surface area (Å²) in [5, 5.41) is 1.70. The van der Waals surface area contributed by atoms with Crippen molar-refractivity contribution in [3.63, 3.8) is 0 Å². The molecule has 2 atom stereocenters. The Morgan fingerprint density at radius 3 is 2.16 bits per heavy atom. The molecule has 0 fully saturated rings. The molecule has 0 aliphatic rings. The van der Waals surface area contributed by atoms with Gasteiger partial charge < -0.3 is 4.43 Å². The van der Waals surface area contributed by atoms with Crippen LogP contribution < -0.4 is 0 Å². The molecule has 0 radical (unpaired) electrons. The first kappa shape index (κ1) is 17.4. The zero-order chi connectivity index (χ0) is 14.7. The maximum atomic E-state index is 6.48. The highest BCUT2D eigenvalue weighted by atomic mass is 127. The van der Waals surface area contributed by atoms with E-state index in [1.165, 1.54) is 0 Å². The van der Waals surface area contributed by atoms with E-state index in [0.717, 1.165) is 5.56 Å². The van der Waals surface area contributed by atoms with Crippen molar-refractivity contribution < 1.29 is 9.26 Å². The van der Waals surface area contributed by atoms with Crippen molar-refractivity contribution in [3.05, 3.63) is 35.9 Å². The summed E-state index contributed by atoms with van der Waals surface area (Å²) >= 11 is 8.66. The van der Waals surface area contributed by atoms with E-state index in [1.54, 1.807) is 12.2 Å². The number of alkyl halides is 2. The minimum Gasteiger partial charge on any atom is -0.393 e. The maximum Gasteiger partial charge on any atom is 0.186 e. The minimum absolute atomic E-state index is 0.288. The van der Waals surface area contributed by atoms with Crippen molar-refractivity contribution in [1.29, 1.82) is 0 Å². The van der Waals surface area contributed by atoms with Crippen molar-refractivity contribution in [2.45, 2.75) is 28.7 Å². The third kappa shape index (κ3) is 4.15. The van der Waals surface area contributed by atoms with Gasteiger partial charge in [-0.2, -0.15) is 5.06 Å². The van der Waals surface area contributed by atoms with Crippen molar-refractivity contribution >= 4 is 42.5 Å². The van der Waals surface area contributed by atoms with E-state index in [0.29, 0.717) is 0 Å². The second-order valence-electron chi connectivity index (χ2n) is 5.26. The Labute approximate surface area is 135 Å². The van der Waals surface area contributed by atoms with Gasteiger partial charge in [-0.3, -0.25) is 4.84 Å². The van der Waals surface area contributed by atoms with Gasteiger partial charge in [-0.1, -0.05) is 52.9 Å². The Kier molecular flexibility index (Phi) is 6.28. The van der Waals surface area contributed by atoms with Crippen LogP contribution in [-0.4, -0.2) is 30.9 Å². The van der Waals surface area contributed by atoms with Gasteiger partial charge in [0.2, 0.25) is 0 Å². The molecule has 0 spiro atoms. The first-order valence-corrected chi connectivity index (χ1v) is 11.1. The van der Waals surface area contributed by atoms with Gasteiger partial charge in [-0.15, -0.1) is 11.6 Å². The molecule has 0 heterocycles. The fraction of sp³-hybridized carbons (Fsp3) is 0.538. The zero-order valence-electron chi connectivity index (χ0n) is 12.0. The summed E-state index contributed by atoms with van der Waals surface area (Å²) in [4.78, 5) is 5.42. The van der Waals surface area contributed by atoms with Crippen LogP contribution in [-0.2, 0) is 15.0 Å².